The van der Waals surface area contributed by atoms with Crippen LogP contribution in [-0.2, 0) is 0 Å². The summed E-state index contributed by atoms with van der Waals surface area (Å²) < 4.78 is 11.8. The van der Waals surface area contributed by atoms with E-state index in [9.17, 15) is 0 Å². The van der Waals surface area contributed by atoms with Crippen LogP contribution in [0.15, 0.2) is 126 Å². The number of ether oxygens (including phenoxy) is 1. The van der Waals surface area contributed by atoms with Crippen LogP contribution in [0.25, 0.3) is 44.4 Å². The maximum Gasteiger partial charge on any atom is 0.263 e. The van der Waals surface area contributed by atoms with Crippen LogP contribution in [-0.4, -0.2) is 20.1 Å². The van der Waals surface area contributed by atoms with Crippen molar-refractivity contribution in [1.29, 1.82) is 0 Å². The van der Waals surface area contributed by atoms with Gasteiger partial charge in [-0.2, -0.15) is 4.98 Å². The fourth-order valence-electron chi connectivity index (χ4n) is 4.65. The second kappa shape index (κ2) is 9.72. The van der Waals surface area contributed by atoms with Gasteiger partial charge in [0.05, 0.1) is 5.52 Å². The lowest BCUT2D eigenvalue weighted by atomic mass is 10.0. The summed E-state index contributed by atoms with van der Waals surface area (Å²) in [7, 11) is 0. The van der Waals surface area contributed by atoms with Gasteiger partial charge in [0.1, 0.15) is 34.7 Å². The van der Waals surface area contributed by atoms with E-state index in [1.54, 1.807) is 0 Å². The van der Waals surface area contributed by atoms with Crippen LogP contribution in [0, 0.1) is 0 Å². The highest BCUT2D eigenvalue weighted by molar-refractivity contribution is 5.99. The fourth-order valence-corrected chi connectivity index (χ4v) is 4.65. The zero-order chi connectivity index (χ0) is 26.0. The molecule has 7 nitrogen and oxygen atoms in total. The molecule has 0 aliphatic carbocycles. The van der Waals surface area contributed by atoms with Gasteiger partial charge in [-0.15, -0.1) is 0 Å². The van der Waals surface area contributed by atoms with Gasteiger partial charge in [0, 0.05) is 28.4 Å². The molecule has 7 aromatic rings. The van der Waals surface area contributed by atoms with Crippen molar-refractivity contribution in [1.82, 2.24) is 20.1 Å². The summed E-state index contributed by atoms with van der Waals surface area (Å²) in [5.41, 5.74) is 5.91. The molecule has 186 valence electrons. The van der Waals surface area contributed by atoms with Gasteiger partial charge >= 0.3 is 0 Å². The van der Waals surface area contributed by atoms with Gasteiger partial charge < -0.3 is 14.6 Å². The number of nitrogens with one attached hydrogen (secondary N) is 1. The Morgan fingerprint density at radius 2 is 1.46 bits per heavy atom. The second-order valence-corrected chi connectivity index (χ2v) is 8.92. The van der Waals surface area contributed by atoms with E-state index in [0.29, 0.717) is 23.0 Å². The average molecular weight is 508 g/mol. The molecule has 0 radical (unpaired) electrons. The smallest absolute Gasteiger partial charge is 0.263 e. The third-order valence-corrected chi connectivity index (χ3v) is 6.49. The summed E-state index contributed by atoms with van der Waals surface area (Å²) in [4.78, 5) is 13.2. The molecular formula is C32H21N5O2. The van der Waals surface area contributed by atoms with Crippen molar-refractivity contribution in [2.45, 2.75) is 0 Å². The molecule has 0 aliphatic rings. The Hall–Kier alpha value is -5.56. The minimum atomic E-state index is 0.423. The molecule has 0 fully saturated rings. The summed E-state index contributed by atoms with van der Waals surface area (Å²) in [6.45, 7) is 0. The lowest BCUT2D eigenvalue weighted by Crippen LogP contribution is -1.96. The Morgan fingerprint density at radius 1 is 0.667 bits per heavy atom. The van der Waals surface area contributed by atoms with Gasteiger partial charge in [0.15, 0.2) is 0 Å². The van der Waals surface area contributed by atoms with Crippen LogP contribution in [0.4, 0.5) is 11.5 Å². The molecule has 0 bridgehead atoms. The molecule has 0 unspecified atom stereocenters. The molecule has 3 heterocycles. The maximum atomic E-state index is 6.35. The minimum absolute atomic E-state index is 0.423. The van der Waals surface area contributed by atoms with E-state index in [1.807, 2.05) is 103 Å². The molecule has 7 heteroatoms. The lowest BCUT2D eigenvalue weighted by molar-refractivity contribution is 0.451. The standard InChI is InChI=1S/C32H21N5O2/c1-2-8-21(9-3-1)30-29-31(34-20-35-32(29)39-37-30)36-22-14-16-23(17-15-22)38-28-13-7-5-11-26(28)24-18-19-33-27-12-6-4-10-25(24)27/h1-20H,(H,34,35,36). The molecule has 1 N–H and O–H groups in total. The normalized spacial score (nSPS) is 11.1. The highest BCUT2D eigenvalue weighted by atomic mass is 16.5. The van der Waals surface area contributed by atoms with E-state index in [1.165, 1.54) is 6.33 Å². The third-order valence-electron chi connectivity index (χ3n) is 6.49. The fraction of sp³-hybridized carbons (Fsp3) is 0. The third kappa shape index (κ3) is 4.32. The number of fused-ring (bicyclic) bond motifs is 2. The first-order valence-corrected chi connectivity index (χ1v) is 12.5. The van der Waals surface area contributed by atoms with Gasteiger partial charge in [-0.25, -0.2) is 4.98 Å². The predicted molar refractivity (Wildman–Crippen MR) is 152 cm³/mol. The molecule has 0 atom stereocenters. The Balaban J connectivity index is 1.17. The molecule has 0 amide bonds. The van der Waals surface area contributed by atoms with Crippen LogP contribution in [0.3, 0.4) is 0 Å². The van der Waals surface area contributed by atoms with Crippen molar-refractivity contribution in [3.05, 3.63) is 122 Å². The number of para-hydroxylation sites is 2. The summed E-state index contributed by atoms with van der Waals surface area (Å²) in [6, 6.07) is 35.8. The van der Waals surface area contributed by atoms with E-state index >= 15 is 0 Å². The number of aromatic nitrogens is 4. The molecule has 0 aliphatic heterocycles. The monoisotopic (exact) mass is 507 g/mol. The van der Waals surface area contributed by atoms with Crippen molar-refractivity contribution >= 4 is 33.5 Å². The van der Waals surface area contributed by atoms with Crippen molar-refractivity contribution in [3.63, 3.8) is 0 Å². The van der Waals surface area contributed by atoms with E-state index in [4.69, 9.17) is 9.26 Å². The number of anilines is 2. The molecule has 0 saturated heterocycles. The van der Waals surface area contributed by atoms with Gasteiger partial charge in [0.2, 0.25) is 0 Å². The molecule has 0 saturated carbocycles. The topological polar surface area (TPSA) is 86.0 Å². The summed E-state index contributed by atoms with van der Waals surface area (Å²) >= 11 is 0. The van der Waals surface area contributed by atoms with Crippen molar-refractivity contribution in [3.8, 4) is 33.9 Å². The minimum Gasteiger partial charge on any atom is -0.457 e. The number of pyridine rings is 1. The quantitative estimate of drug-likeness (QED) is 0.244. The SMILES string of the molecule is c1ccc(-c2noc3ncnc(Nc4ccc(Oc5ccccc5-c5ccnc6ccccc56)cc4)c23)cc1. The number of rotatable bonds is 6. The zero-order valence-electron chi connectivity index (χ0n) is 20.7. The van der Waals surface area contributed by atoms with Crippen molar-refractivity contribution < 1.29 is 9.26 Å². The number of nitrogens with zero attached hydrogens (tertiary/aromatic N) is 4. The van der Waals surface area contributed by atoms with Crippen LogP contribution >= 0.6 is 0 Å². The van der Waals surface area contributed by atoms with Gasteiger partial charge in [-0.3, -0.25) is 4.98 Å². The molecule has 7 rings (SSSR count). The number of benzene rings is 4. The largest absolute Gasteiger partial charge is 0.457 e. The average Bonchev–Trinajstić information content (AvgIpc) is 3.44. The van der Waals surface area contributed by atoms with Crippen LogP contribution < -0.4 is 10.1 Å². The number of hydrogen-bond donors (Lipinski definition) is 1. The summed E-state index contributed by atoms with van der Waals surface area (Å²) in [6.07, 6.45) is 3.29. The van der Waals surface area contributed by atoms with Gasteiger partial charge in [-0.05, 0) is 48.0 Å². The number of hydrogen-bond acceptors (Lipinski definition) is 7. The van der Waals surface area contributed by atoms with Gasteiger partial charge in [0.25, 0.3) is 5.71 Å². The summed E-state index contributed by atoms with van der Waals surface area (Å²) in [5, 5.41) is 9.42. The predicted octanol–water partition coefficient (Wildman–Crippen LogP) is 8.04. The van der Waals surface area contributed by atoms with E-state index < -0.39 is 0 Å². The Kier molecular flexibility index (Phi) is 5.64. The highest BCUT2D eigenvalue weighted by Gasteiger charge is 2.17. The first-order valence-electron chi connectivity index (χ1n) is 12.5. The molecule has 3 aromatic heterocycles. The van der Waals surface area contributed by atoms with E-state index in [-0.39, 0.29) is 0 Å². The Bertz CT molecular complexity index is 1910. The first kappa shape index (κ1) is 22.6. The van der Waals surface area contributed by atoms with E-state index in [2.05, 4.69) is 37.6 Å². The summed E-state index contributed by atoms with van der Waals surface area (Å²) in [5.74, 6) is 2.10. The molecule has 0 spiro atoms. The Morgan fingerprint density at radius 3 is 2.36 bits per heavy atom. The zero-order valence-corrected chi connectivity index (χ0v) is 20.7. The molecule has 4 aromatic carbocycles. The highest BCUT2D eigenvalue weighted by Crippen LogP contribution is 2.37. The Labute approximate surface area is 223 Å². The van der Waals surface area contributed by atoms with E-state index in [0.717, 1.165) is 44.4 Å². The first-order chi connectivity index (χ1) is 19.3. The van der Waals surface area contributed by atoms with Crippen LogP contribution in [0.2, 0.25) is 0 Å². The lowest BCUT2D eigenvalue weighted by Gasteiger charge is -2.13. The van der Waals surface area contributed by atoms with Crippen LogP contribution in [0.1, 0.15) is 0 Å². The maximum absolute atomic E-state index is 6.35. The van der Waals surface area contributed by atoms with Crippen LogP contribution in [0.5, 0.6) is 11.5 Å². The van der Waals surface area contributed by atoms with Gasteiger partial charge in [-0.1, -0.05) is 71.9 Å². The molecule has 39 heavy (non-hydrogen) atoms. The van der Waals surface area contributed by atoms with Crippen molar-refractivity contribution in [2.75, 3.05) is 5.32 Å². The molecular weight excluding hydrogens is 486 g/mol. The second-order valence-electron chi connectivity index (χ2n) is 8.92. The van der Waals surface area contributed by atoms with Crippen molar-refractivity contribution in [2.24, 2.45) is 0 Å².